The van der Waals surface area contributed by atoms with Crippen molar-refractivity contribution in [3.63, 3.8) is 0 Å². The molecular formula is C10H18O. The Balaban J connectivity index is 2.07. The van der Waals surface area contributed by atoms with E-state index >= 15 is 0 Å². The first kappa shape index (κ1) is 7.60. The van der Waals surface area contributed by atoms with Crippen molar-refractivity contribution in [1.82, 2.24) is 0 Å². The highest BCUT2D eigenvalue weighted by Crippen LogP contribution is 2.47. The molecule has 1 N–H and O–H groups in total. The van der Waals surface area contributed by atoms with Crippen LogP contribution in [0.15, 0.2) is 0 Å². The Morgan fingerprint density at radius 3 is 2.27 bits per heavy atom. The number of aliphatic hydroxyl groups is 1. The molecule has 2 bridgehead atoms. The predicted octanol–water partition coefficient (Wildman–Crippen LogP) is 2.34. The van der Waals surface area contributed by atoms with Gasteiger partial charge in [0.05, 0.1) is 5.60 Å². The van der Waals surface area contributed by atoms with Gasteiger partial charge < -0.3 is 5.11 Å². The molecule has 64 valence electrons. The van der Waals surface area contributed by atoms with Crippen molar-refractivity contribution in [1.29, 1.82) is 0 Å². The van der Waals surface area contributed by atoms with E-state index in [2.05, 4.69) is 6.92 Å². The van der Waals surface area contributed by atoms with Crippen LogP contribution in [0.4, 0.5) is 0 Å². The van der Waals surface area contributed by atoms with Gasteiger partial charge in [-0.05, 0) is 37.5 Å². The number of hydrogen-bond donors (Lipinski definition) is 1. The first-order chi connectivity index (χ1) is 5.22. The minimum absolute atomic E-state index is 0.274. The van der Waals surface area contributed by atoms with Crippen molar-refractivity contribution in [3.05, 3.63) is 0 Å². The summed E-state index contributed by atoms with van der Waals surface area (Å²) in [6, 6.07) is 0. The van der Waals surface area contributed by atoms with Crippen molar-refractivity contribution >= 4 is 0 Å². The van der Waals surface area contributed by atoms with Crippen molar-refractivity contribution < 1.29 is 5.11 Å². The van der Waals surface area contributed by atoms with Gasteiger partial charge in [-0.15, -0.1) is 0 Å². The molecule has 0 spiro atoms. The number of rotatable bonds is 1. The highest BCUT2D eigenvalue weighted by molar-refractivity contribution is 4.93. The average molecular weight is 154 g/mol. The van der Waals surface area contributed by atoms with Gasteiger partial charge in [0.25, 0.3) is 0 Å². The summed E-state index contributed by atoms with van der Waals surface area (Å²) >= 11 is 0. The van der Waals surface area contributed by atoms with Crippen molar-refractivity contribution in [2.45, 2.75) is 51.0 Å². The fourth-order valence-electron chi connectivity index (χ4n) is 3.00. The van der Waals surface area contributed by atoms with Crippen molar-refractivity contribution in [2.24, 2.45) is 11.8 Å². The highest BCUT2D eigenvalue weighted by atomic mass is 16.3. The summed E-state index contributed by atoms with van der Waals surface area (Å²) < 4.78 is 0. The second kappa shape index (κ2) is 2.48. The van der Waals surface area contributed by atoms with E-state index in [1.807, 2.05) is 0 Å². The van der Waals surface area contributed by atoms with Crippen LogP contribution in [0.1, 0.15) is 45.4 Å². The minimum Gasteiger partial charge on any atom is -0.390 e. The summed E-state index contributed by atoms with van der Waals surface area (Å²) in [5.74, 6) is 1.72. The Kier molecular flexibility index (Phi) is 1.71. The third-order valence-corrected chi connectivity index (χ3v) is 3.65. The summed E-state index contributed by atoms with van der Waals surface area (Å²) in [6.07, 6.45) is 7.29. The van der Waals surface area contributed by atoms with Gasteiger partial charge in [-0.1, -0.05) is 19.8 Å². The van der Waals surface area contributed by atoms with E-state index in [9.17, 15) is 5.11 Å². The van der Waals surface area contributed by atoms with Gasteiger partial charge in [0.15, 0.2) is 0 Å². The van der Waals surface area contributed by atoms with Crippen molar-refractivity contribution in [2.75, 3.05) is 0 Å². The van der Waals surface area contributed by atoms with E-state index < -0.39 is 0 Å². The molecule has 2 aliphatic rings. The summed E-state index contributed by atoms with van der Waals surface area (Å²) in [7, 11) is 0. The summed E-state index contributed by atoms with van der Waals surface area (Å²) in [4.78, 5) is 0. The summed E-state index contributed by atoms with van der Waals surface area (Å²) in [6.45, 7) is 2.12. The van der Waals surface area contributed by atoms with Crippen LogP contribution in [0.25, 0.3) is 0 Å². The lowest BCUT2D eigenvalue weighted by Gasteiger charge is -2.35. The van der Waals surface area contributed by atoms with Crippen LogP contribution in [0.5, 0.6) is 0 Å². The molecule has 0 aliphatic heterocycles. The van der Waals surface area contributed by atoms with Gasteiger partial charge >= 0.3 is 0 Å². The average Bonchev–Trinajstić information content (AvgIpc) is 2.31. The molecule has 1 nitrogen and oxygen atoms in total. The summed E-state index contributed by atoms with van der Waals surface area (Å²) in [5.41, 5.74) is -0.274. The minimum atomic E-state index is -0.274. The Bertz CT molecular complexity index is 141. The van der Waals surface area contributed by atoms with Crippen LogP contribution in [0.3, 0.4) is 0 Å². The largest absolute Gasteiger partial charge is 0.390 e. The number of hydrogen-bond acceptors (Lipinski definition) is 1. The molecule has 0 aromatic heterocycles. The van der Waals surface area contributed by atoms with Gasteiger partial charge in [-0.3, -0.25) is 0 Å². The molecular weight excluding hydrogens is 136 g/mol. The molecule has 0 aromatic rings. The van der Waals surface area contributed by atoms with E-state index in [1.54, 1.807) is 0 Å². The third-order valence-electron chi connectivity index (χ3n) is 3.65. The van der Waals surface area contributed by atoms with E-state index in [-0.39, 0.29) is 5.60 Å². The molecule has 0 radical (unpaired) electrons. The molecule has 2 saturated carbocycles. The van der Waals surface area contributed by atoms with Crippen LogP contribution >= 0.6 is 0 Å². The Morgan fingerprint density at radius 2 is 1.82 bits per heavy atom. The van der Waals surface area contributed by atoms with Crippen LogP contribution < -0.4 is 0 Å². The van der Waals surface area contributed by atoms with Crippen LogP contribution in [-0.4, -0.2) is 10.7 Å². The fraction of sp³-hybridized carbons (Fsp3) is 1.00. The zero-order chi connectivity index (χ0) is 7.90. The van der Waals surface area contributed by atoms with Gasteiger partial charge in [-0.2, -0.15) is 0 Å². The van der Waals surface area contributed by atoms with Gasteiger partial charge in [0.1, 0.15) is 0 Å². The van der Waals surface area contributed by atoms with Gasteiger partial charge in [-0.25, -0.2) is 0 Å². The fourth-order valence-corrected chi connectivity index (χ4v) is 3.00. The molecule has 0 amide bonds. The van der Waals surface area contributed by atoms with Gasteiger partial charge in [0.2, 0.25) is 0 Å². The maximum Gasteiger partial charge on any atom is 0.0650 e. The molecule has 2 atom stereocenters. The van der Waals surface area contributed by atoms with E-state index in [4.69, 9.17) is 0 Å². The Hall–Kier alpha value is -0.0400. The summed E-state index contributed by atoms with van der Waals surface area (Å²) in [5, 5.41) is 10.1. The predicted molar refractivity (Wildman–Crippen MR) is 45.3 cm³/mol. The lowest BCUT2D eigenvalue weighted by Crippen LogP contribution is -2.35. The first-order valence-electron chi connectivity index (χ1n) is 4.94. The van der Waals surface area contributed by atoms with E-state index in [0.717, 1.165) is 31.1 Å². The van der Waals surface area contributed by atoms with E-state index in [1.165, 1.54) is 19.3 Å². The quantitative estimate of drug-likeness (QED) is 0.614. The lowest BCUT2D eigenvalue weighted by atomic mass is 9.76. The molecule has 11 heavy (non-hydrogen) atoms. The van der Waals surface area contributed by atoms with Crippen LogP contribution in [0.2, 0.25) is 0 Å². The van der Waals surface area contributed by atoms with Crippen molar-refractivity contribution in [3.8, 4) is 0 Å². The Morgan fingerprint density at radius 1 is 1.27 bits per heavy atom. The van der Waals surface area contributed by atoms with Gasteiger partial charge in [0, 0.05) is 0 Å². The smallest absolute Gasteiger partial charge is 0.0650 e. The maximum atomic E-state index is 10.1. The standard InChI is InChI=1S/C10H18O/c1-2-10(11)6-8-3-4-9(5-8)7-10/h8-9,11H,2-7H2,1H3. The maximum absolute atomic E-state index is 10.1. The molecule has 0 heterocycles. The SMILES string of the molecule is CCC1(O)CC2CCC(C2)C1. The zero-order valence-electron chi connectivity index (χ0n) is 7.34. The highest BCUT2D eigenvalue weighted by Gasteiger charge is 2.41. The molecule has 2 rings (SSSR count). The molecule has 2 fully saturated rings. The normalized spacial score (nSPS) is 49.6. The molecule has 2 unspecified atom stereocenters. The second-order valence-electron chi connectivity index (χ2n) is 4.53. The first-order valence-corrected chi connectivity index (χ1v) is 4.94. The molecule has 2 aliphatic carbocycles. The van der Waals surface area contributed by atoms with E-state index in [0.29, 0.717) is 0 Å². The topological polar surface area (TPSA) is 20.2 Å². The number of fused-ring (bicyclic) bond motifs is 2. The zero-order valence-corrected chi connectivity index (χ0v) is 7.34. The molecule has 1 heteroatoms. The molecule has 0 saturated heterocycles. The second-order valence-corrected chi connectivity index (χ2v) is 4.53. The van der Waals surface area contributed by atoms with Crippen LogP contribution in [-0.2, 0) is 0 Å². The third kappa shape index (κ3) is 1.31. The Labute approximate surface area is 68.8 Å². The molecule has 0 aromatic carbocycles. The van der Waals surface area contributed by atoms with Crippen LogP contribution in [0, 0.1) is 11.8 Å². The monoisotopic (exact) mass is 154 g/mol. The lowest BCUT2D eigenvalue weighted by molar-refractivity contribution is -0.0233.